The second-order valence-electron chi connectivity index (χ2n) is 6.78. The van der Waals surface area contributed by atoms with E-state index < -0.39 is 6.04 Å². The van der Waals surface area contributed by atoms with Crippen LogP contribution in [0.1, 0.15) is 26.3 Å². The molecule has 1 aliphatic heterocycles. The van der Waals surface area contributed by atoms with Gasteiger partial charge < -0.3 is 10.6 Å². The first-order valence-electron chi connectivity index (χ1n) is 7.71. The van der Waals surface area contributed by atoms with E-state index in [-0.39, 0.29) is 11.4 Å². The summed E-state index contributed by atoms with van der Waals surface area (Å²) in [7, 11) is 0. The summed E-state index contributed by atoms with van der Waals surface area (Å²) in [6, 6.07) is 9.54. The summed E-state index contributed by atoms with van der Waals surface area (Å²) in [5.41, 5.74) is 7.38. The maximum atomic E-state index is 12.4. The van der Waals surface area contributed by atoms with Crippen molar-refractivity contribution in [2.75, 3.05) is 26.2 Å². The topological polar surface area (TPSA) is 49.6 Å². The van der Waals surface area contributed by atoms with Gasteiger partial charge in [-0.1, -0.05) is 30.3 Å². The molecular formula is C17H27N3O. The minimum atomic E-state index is -0.436. The summed E-state index contributed by atoms with van der Waals surface area (Å²) in [6.07, 6.45) is 0.610. The lowest BCUT2D eigenvalue weighted by molar-refractivity contribution is -0.135. The Labute approximate surface area is 127 Å². The van der Waals surface area contributed by atoms with Crippen LogP contribution in [0.15, 0.2) is 30.3 Å². The van der Waals surface area contributed by atoms with Crippen molar-refractivity contribution in [3.8, 4) is 0 Å². The Hall–Kier alpha value is -1.39. The Morgan fingerprint density at radius 3 is 2.24 bits per heavy atom. The molecule has 1 aromatic carbocycles. The summed E-state index contributed by atoms with van der Waals surface area (Å²) < 4.78 is 0. The monoisotopic (exact) mass is 289 g/mol. The number of rotatable bonds is 3. The van der Waals surface area contributed by atoms with Gasteiger partial charge in [-0.25, -0.2) is 0 Å². The SMILES string of the molecule is CC(C)(C)N1CCN(C(=O)[C@@H](N)Cc2ccccc2)CC1. The molecule has 1 fully saturated rings. The Bertz CT molecular complexity index is 459. The van der Waals surface area contributed by atoms with Gasteiger partial charge in [-0.15, -0.1) is 0 Å². The van der Waals surface area contributed by atoms with Gasteiger partial charge in [0, 0.05) is 31.7 Å². The van der Waals surface area contributed by atoms with Crippen LogP contribution < -0.4 is 5.73 Å². The number of carbonyl (C=O) groups excluding carboxylic acids is 1. The molecule has 0 unspecified atom stereocenters. The number of amides is 1. The van der Waals surface area contributed by atoms with Gasteiger partial charge in [0.1, 0.15) is 0 Å². The van der Waals surface area contributed by atoms with Crippen LogP contribution in [0, 0.1) is 0 Å². The number of benzene rings is 1. The zero-order valence-corrected chi connectivity index (χ0v) is 13.4. The normalized spacial score (nSPS) is 18.6. The average molecular weight is 289 g/mol. The molecule has 1 amide bonds. The highest BCUT2D eigenvalue weighted by Gasteiger charge is 2.29. The van der Waals surface area contributed by atoms with Crippen molar-refractivity contribution in [1.29, 1.82) is 0 Å². The number of nitrogens with two attached hydrogens (primary N) is 1. The van der Waals surface area contributed by atoms with Crippen LogP contribution in [0.4, 0.5) is 0 Å². The van der Waals surface area contributed by atoms with Crippen molar-refractivity contribution in [2.24, 2.45) is 5.73 Å². The van der Waals surface area contributed by atoms with Gasteiger partial charge in [-0.3, -0.25) is 9.69 Å². The van der Waals surface area contributed by atoms with E-state index in [1.807, 2.05) is 35.2 Å². The molecule has 0 aromatic heterocycles. The fourth-order valence-corrected chi connectivity index (χ4v) is 2.79. The molecule has 0 saturated carbocycles. The predicted molar refractivity (Wildman–Crippen MR) is 86.0 cm³/mol. The lowest BCUT2D eigenvalue weighted by atomic mass is 10.0. The second-order valence-corrected chi connectivity index (χ2v) is 6.78. The van der Waals surface area contributed by atoms with Gasteiger partial charge in [-0.2, -0.15) is 0 Å². The lowest BCUT2D eigenvalue weighted by Gasteiger charge is -2.42. The van der Waals surface area contributed by atoms with E-state index in [1.165, 1.54) is 0 Å². The highest BCUT2D eigenvalue weighted by molar-refractivity contribution is 5.82. The van der Waals surface area contributed by atoms with E-state index in [0.717, 1.165) is 31.7 Å². The number of nitrogens with zero attached hydrogens (tertiary/aromatic N) is 2. The van der Waals surface area contributed by atoms with Gasteiger partial charge in [0.15, 0.2) is 0 Å². The molecule has 1 heterocycles. The maximum Gasteiger partial charge on any atom is 0.239 e. The van der Waals surface area contributed by atoms with E-state index in [0.29, 0.717) is 6.42 Å². The van der Waals surface area contributed by atoms with Crippen LogP contribution >= 0.6 is 0 Å². The highest BCUT2D eigenvalue weighted by Crippen LogP contribution is 2.16. The molecule has 1 saturated heterocycles. The third-order valence-electron chi connectivity index (χ3n) is 4.16. The highest BCUT2D eigenvalue weighted by atomic mass is 16.2. The van der Waals surface area contributed by atoms with E-state index >= 15 is 0 Å². The average Bonchev–Trinajstić information content (AvgIpc) is 2.46. The van der Waals surface area contributed by atoms with Crippen molar-refractivity contribution >= 4 is 5.91 Å². The second kappa shape index (κ2) is 6.58. The summed E-state index contributed by atoms with van der Waals surface area (Å²) in [6.45, 7) is 10.0. The molecule has 116 valence electrons. The number of carbonyl (C=O) groups is 1. The minimum Gasteiger partial charge on any atom is -0.339 e. The first-order chi connectivity index (χ1) is 9.88. The Kier molecular flexibility index (Phi) is 5.01. The summed E-state index contributed by atoms with van der Waals surface area (Å²) >= 11 is 0. The molecule has 0 aliphatic carbocycles. The van der Waals surface area contributed by atoms with Crippen molar-refractivity contribution in [1.82, 2.24) is 9.80 Å². The first kappa shape index (κ1) is 16.0. The molecule has 21 heavy (non-hydrogen) atoms. The van der Waals surface area contributed by atoms with E-state index in [9.17, 15) is 4.79 Å². The van der Waals surface area contributed by atoms with E-state index in [4.69, 9.17) is 5.73 Å². The van der Waals surface area contributed by atoms with Crippen LogP contribution in [0.5, 0.6) is 0 Å². The molecule has 1 atom stereocenters. The first-order valence-corrected chi connectivity index (χ1v) is 7.71. The van der Waals surface area contributed by atoms with Crippen LogP contribution in [0.2, 0.25) is 0 Å². The molecule has 4 heteroatoms. The molecule has 0 radical (unpaired) electrons. The Morgan fingerprint density at radius 2 is 1.71 bits per heavy atom. The quantitative estimate of drug-likeness (QED) is 0.917. The minimum absolute atomic E-state index is 0.0763. The molecule has 2 N–H and O–H groups in total. The third kappa shape index (κ3) is 4.29. The summed E-state index contributed by atoms with van der Waals surface area (Å²) in [5, 5.41) is 0. The van der Waals surface area contributed by atoms with E-state index in [1.54, 1.807) is 0 Å². The van der Waals surface area contributed by atoms with Gasteiger partial charge in [0.2, 0.25) is 5.91 Å². The third-order valence-corrected chi connectivity index (χ3v) is 4.16. The Balaban J connectivity index is 1.87. The van der Waals surface area contributed by atoms with Crippen LogP contribution in [0.3, 0.4) is 0 Å². The smallest absolute Gasteiger partial charge is 0.239 e. The fraction of sp³-hybridized carbons (Fsp3) is 0.588. The van der Waals surface area contributed by atoms with Crippen LogP contribution in [-0.4, -0.2) is 53.5 Å². The van der Waals surface area contributed by atoms with Gasteiger partial charge in [0.25, 0.3) is 0 Å². The molecular weight excluding hydrogens is 262 g/mol. The number of hydrogen-bond donors (Lipinski definition) is 1. The predicted octanol–water partition coefficient (Wildman–Crippen LogP) is 1.50. The van der Waals surface area contributed by atoms with Crippen molar-refractivity contribution in [3.63, 3.8) is 0 Å². The van der Waals surface area contributed by atoms with Gasteiger partial charge in [-0.05, 0) is 32.8 Å². The molecule has 0 bridgehead atoms. The Morgan fingerprint density at radius 1 is 1.14 bits per heavy atom. The molecule has 1 aromatic rings. The zero-order valence-electron chi connectivity index (χ0n) is 13.4. The fourth-order valence-electron chi connectivity index (χ4n) is 2.79. The van der Waals surface area contributed by atoms with E-state index in [2.05, 4.69) is 25.7 Å². The molecule has 0 spiro atoms. The van der Waals surface area contributed by atoms with Crippen LogP contribution in [-0.2, 0) is 11.2 Å². The lowest BCUT2D eigenvalue weighted by Crippen LogP contribution is -2.57. The van der Waals surface area contributed by atoms with Gasteiger partial charge >= 0.3 is 0 Å². The number of hydrogen-bond acceptors (Lipinski definition) is 3. The van der Waals surface area contributed by atoms with Gasteiger partial charge in [0.05, 0.1) is 6.04 Å². The van der Waals surface area contributed by atoms with Crippen molar-refractivity contribution in [3.05, 3.63) is 35.9 Å². The summed E-state index contributed by atoms with van der Waals surface area (Å²) in [5.74, 6) is 0.0763. The molecule has 2 rings (SSSR count). The number of piperazine rings is 1. The molecule has 4 nitrogen and oxygen atoms in total. The maximum absolute atomic E-state index is 12.4. The zero-order chi connectivity index (χ0) is 15.5. The standard InChI is InChI=1S/C17H27N3O/c1-17(2,3)20-11-9-19(10-12-20)16(21)15(18)13-14-7-5-4-6-8-14/h4-8,15H,9-13,18H2,1-3H3/t15-/m0/s1. The summed E-state index contributed by atoms with van der Waals surface area (Å²) in [4.78, 5) is 16.8. The largest absolute Gasteiger partial charge is 0.339 e. The van der Waals surface area contributed by atoms with Crippen molar-refractivity contribution in [2.45, 2.75) is 38.8 Å². The van der Waals surface area contributed by atoms with Crippen LogP contribution in [0.25, 0.3) is 0 Å². The molecule has 1 aliphatic rings. The van der Waals surface area contributed by atoms with Crippen molar-refractivity contribution < 1.29 is 4.79 Å².